The molecule has 1 aromatic carbocycles. The molecule has 0 heterocycles. The highest BCUT2D eigenvalue weighted by molar-refractivity contribution is 5.81. The summed E-state index contributed by atoms with van der Waals surface area (Å²) in [6.07, 6.45) is 0.782. The number of rotatable bonds is 1. The molecule has 0 aromatic heterocycles. The molecular weight excluding hydrogens is 133 g/mol. The van der Waals surface area contributed by atoms with E-state index in [2.05, 4.69) is 0 Å². The molecule has 0 spiro atoms. The van der Waals surface area contributed by atoms with Crippen LogP contribution in [0.5, 0.6) is 5.75 Å². The quantitative estimate of drug-likeness (QED) is 0.569. The second-order valence-electron chi connectivity index (χ2n) is 1.82. The van der Waals surface area contributed by atoms with Crippen molar-refractivity contribution in [3.8, 4) is 5.75 Å². The lowest BCUT2D eigenvalue weighted by atomic mass is 10.2. The fourth-order valence-corrected chi connectivity index (χ4v) is 0.669. The van der Waals surface area contributed by atoms with Gasteiger partial charge in [0.15, 0.2) is 0 Å². The van der Waals surface area contributed by atoms with Crippen molar-refractivity contribution in [3.63, 3.8) is 0 Å². The zero-order valence-electron chi connectivity index (χ0n) is 5.13. The van der Waals surface area contributed by atoms with Gasteiger partial charge in [0.25, 0.3) is 0 Å². The lowest BCUT2D eigenvalue weighted by Crippen LogP contribution is -1.86. The van der Waals surface area contributed by atoms with Crippen LogP contribution in [-0.2, 0) is 0 Å². The van der Waals surface area contributed by atoms with Gasteiger partial charge in [0, 0.05) is 6.21 Å². The average Bonchev–Trinajstić information content (AvgIpc) is 1.88. The van der Waals surface area contributed by atoms with E-state index in [-0.39, 0.29) is 11.3 Å². The fourth-order valence-electron chi connectivity index (χ4n) is 0.669. The Kier molecular flexibility index (Phi) is 1.67. The Morgan fingerprint density at radius 3 is 2.60 bits per heavy atom. The molecule has 0 saturated carbocycles. The summed E-state index contributed by atoms with van der Waals surface area (Å²) in [4.78, 5) is 0. The highest BCUT2D eigenvalue weighted by Crippen LogP contribution is 2.16. The van der Waals surface area contributed by atoms with Crippen LogP contribution < -0.4 is 0 Å². The number of hydrogen-bond donors (Lipinski definition) is 2. The van der Waals surface area contributed by atoms with Crippen LogP contribution in [0.2, 0.25) is 0 Å². The zero-order valence-corrected chi connectivity index (χ0v) is 5.13. The summed E-state index contributed by atoms with van der Waals surface area (Å²) in [5.74, 6) is -0.773. The average molecular weight is 139 g/mol. The Balaban J connectivity index is 3.30. The molecule has 0 saturated heterocycles. The molecule has 2 nitrogen and oxygen atoms in total. The Morgan fingerprint density at radius 2 is 2.20 bits per heavy atom. The minimum Gasteiger partial charge on any atom is -0.507 e. The van der Waals surface area contributed by atoms with Crippen molar-refractivity contribution in [3.05, 3.63) is 29.6 Å². The van der Waals surface area contributed by atoms with Gasteiger partial charge >= 0.3 is 0 Å². The number of nitrogens with one attached hydrogen (secondary N) is 1. The van der Waals surface area contributed by atoms with Crippen molar-refractivity contribution in [2.75, 3.05) is 0 Å². The third kappa shape index (κ3) is 0.978. The van der Waals surface area contributed by atoms with Crippen molar-refractivity contribution in [1.82, 2.24) is 0 Å². The molecule has 0 aliphatic rings. The van der Waals surface area contributed by atoms with Gasteiger partial charge in [-0.1, -0.05) is 6.07 Å². The molecule has 3 heteroatoms. The van der Waals surface area contributed by atoms with Crippen molar-refractivity contribution in [1.29, 1.82) is 5.41 Å². The van der Waals surface area contributed by atoms with E-state index in [0.29, 0.717) is 0 Å². The van der Waals surface area contributed by atoms with E-state index in [1.165, 1.54) is 18.2 Å². The largest absolute Gasteiger partial charge is 0.507 e. The lowest BCUT2D eigenvalue weighted by molar-refractivity contribution is 0.468. The van der Waals surface area contributed by atoms with Crippen molar-refractivity contribution >= 4 is 6.21 Å². The van der Waals surface area contributed by atoms with Crippen LogP contribution in [0.4, 0.5) is 4.39 Å². The molecule has 0 bridgehead atoms. The molecule has 52 valence electrons. The molecule has 0 fully saturated rings. The summed E-state index contributed by atoms with van der Waals surface area (Å²) in [7, 11) is 0. The van der Waals surface area contributed by atoms with Crippen LogP contribution in [0.3, 0.4) is 0 Å². The summed E-state index contributed by atoms with van der Waals surface area (Å²) in [5.41, 5.74) is -0.0671. The van der Waals surface area contributed by atoms with Crippen LogP contribution in [-0.4, -0.2) is 11.3 Å². The van der Waals surface area contributed by atoms with Gasteiger partial charge in [-0.15, -0.1) is 0 Å². The van der Waals surface area contributed by atoms with Gasteiger partial charge in [0.2, 0.25) is 0 Å². The number of phenols is 1. The maximum absolute atomic E-state index is 12.5. The lowest BCUT2D eigenvalue weighted by Gasteiger charge is -1.96. The van der Waals surface area contributed by atoms with Crippen LogP contribution in [0, 0.1) is 11.2 Å². The van der Waals surface area contributed by atoms with E-state index >= 15 is 0 Å². The Labute approximate surface area is 57.4 Å². The second-order valence-corrected chi connectivity index (χ2v) is 1.82. The monoisotopic (exact) mass is 139 g/mol. The first-order valence-corrected chi connectivity index (χ1v) is 2.73. The van der Waals surface area contributed by atoms with E-state index in [1.54, 1.807) is 0 Å². The van der Waals surface area contributed by atoms with Gasteiger partial charge < -0.3 is 10.5 Å². The van der Waals surface area contributed by atoms with Gasteiger partial charge in [-0.2, -0.15) is 0 Å². The Bertz CT molecular complexity index is 240. The SMILES string of the molecule is N=Cc1c(O)cccc1F. The number of phenolic OH excluding ortho intramolecular Hbond substituents is 1. The predicted molar refractivity (Wildman–Crippen MR) is 36.0 cm³/mol. The normalized spacial score (nSPS) is 9.30. The summed E-state index contributed by atoms with van der Waals surface area (Å²) in [5, 5.41) is 15.6. The van der Waals surface area contributed by atoms with Crippen LogP contribution >= 0.6 is 0 Å². The molecule has 0 radical (unpaired) electrons. The van der Waals surface area contributed by atoms with Gasteiger partial charge in [0.05, 0.1) is 5.56 Å². The maximum Gasteiger partial charge on any atom is 0.135 e. The first-order valence-electron chi connectivity index (χ1n) is 2.73. The van der Waals surface area contributed by atoms with Crippen molar-refractivity contribution in [2.45, 2.75) is 0 Å². The molecule has 0 aliphatic heterocycles. The summed E-state index contributed by atoms with van der Waals surface area (Å²) in [6.45, 7) is 0. The molecule has 1 rings (SSSR count). The van der Waals surface area contributed by atoms with E-state index in [1.807, 2.05) is 0 Å². The van der Waals surface area contributed by atoms with E-state index < -0.39 is 5.82 Å². The zero-order chi connectivity index (χ0) is 7.56. The smallest absolute Gasteiger partial charge is 0.135 e. The van der Waals surface area contributed by atoms with Gasteiger partial charge in [-0.25, -0.2) is 4.39 Å². The van der Waals surface area contributed by atoms with E-state index in [9.17, 15) is 4.39 Å². The number of aromatic hydroxyl groups is 1. The summed E-state index contributed by atoms with van der Waals surface area (Å²) >= 11 is 0. The predicted octanol–water partition coefficient (Wildman–Crippen LogP) is 1.53. The third-order valence-electron chi connectivity index (χ3n) is 1.17. The van der Waals surface area contributed by atoms with E-state index in [4.69, 9.17) is 10.5 Å². The third-order valence-corrected chi connectivity index (χ3v) is 1.17. The number of halogens is 1. The molecule has 0 atom stereocenters. The Morgan fingerprint density at radius 1 is 1.50 bits per heavy atom. The standard InChI is InChI=1S/C7H6FNO/c8-6-2-1-3-7(10)5(6)4-9/h1-4,9-10H. The molecule has 10 heavy (non-hydrogen) atoms. The molecular formula is C7H6FNO. The second kappa shape index (κ2) is 2.47. The van der Waals surface area contributed by atoms with Crippen molar-refractivity contribution in [2.24, 2.45) is 0 Å². The highest BCUT2D eigenvalue weighted by Gasteiger charge is 2.01. The van der Waals surface area contributed by atoms with Crippen LogP contribution in [0.1, 0.15) is 5.56 Å². The van der Waals surface area contributed by atoms with Gasteiger partial charge in [0.1, 0.15) is 11.6 Å². The minimum absolute atomic E-state index is 0.0671. The first-order chi connectivity index (χ1) is 4.75. The highest BCUT2D eigenvalue weighted by atomic mass is 19.1. The van der Waals surface area contributed by atoms with Crippen molar-refractivity contribution < 1.29 is 9.50 Å². The summed E-state index contributed by atoms with van der Waals surface area (Å²) in [6, 6.07) is 3.92. The molecule has 0 amide bonds. The summed E-state index contributed by atoms with van der Waals surface area (Å²) < 4.78 is 12.5. The van der Waals surface area contributed by atoms with Crippen LogP contribution in [0.25, 0.3) is 0 Å². The Hall–Kier alpha value is -1.38. The number of benzene rings is 1. The van der Waals surface area contributed by atoms with Gasteiger partial charge in [-0.05, 0) is 12.1 Å². The maximum atomic E-state index is 12.5. The molecule has 1 aromatic rings. The molecule has 0 aliphatic carbocycles. The number of hydrogen-bond acceptors (Lipinski definition) is 2. The first kappa shape index (κ1) is 6.74. The molecule has 2 N–H and O–H groups in total. The minimum atomic E-state index is -0.574. The van der Waals surface area contributed by atoms with Gasteiger partial charge in [-0.3, -0.25) is 0 Å². The molecule has 0 unspecified atom stereocenters. The van der Waals surface area contributed by atoms with Crippen LogP contribution in [0.15, 0.2) is 18.2 Å². The topological polar surface area (TPSA) is 44.1 Å². The van der Waals surface area contributed by atoms with E-state index in [0.717, 1.165) is 6.21 Å². The fraction of sp³-hybridized carbons (Fsp3) is 0.